The number of carbonyl (C=O) groups is 2. The summed E-state index contributed by atoms with van der Waals surface area (Å²) in [6.45, 7) is 0.113. The molecule has 1 aliphatic carbocycles. The molecule has 3 aromatic carbocycles. The maximum Gasteiger partial charge on any atom is 0.407 e. The first-order chi connectivity index (χ1) is 14.5. The van der Waals surface area contributed by atoms with Gasteiger partial charge in [0.1, 0.15) is 6.61 Å². The fraction of sp³-hybridized carbons (Fsp3) is 0.167. The molecule has 0 saturated heterocycles. The van der Waals surface area contributed by atoms with Gasteiger partial charge in [0, 0.05) is 11.6 Å². The summed E-state index contributed by atoms with van der Waals surface area (Å²) in [5.74, 6) is -1.47. The number of amides is 1. The zero-order valence-corrected chi connectivity index (χ0v) is 16.2. The average Bonchev–Trinajstić information content (AvgIpc) is 3.07. The number of anilines is 1. The highest BCUT2D eigenvalue weighted by atomic mass is 16.5. The number of hydrogen-bond acceptors (Lipinski definition) is 5. The van der Waals surface area contributed by atoms with Gasteiger partial charge in [-0.15, -0.1) is 0 Å². The molecule has 152 valence electrons. The Kier molecular flexibility index (Phi) is 5.39. The Hall–Kier alpha value is -3.80. The second kappa shape index (κ2) is 8.29. The van der Waals surface area contributed by atoms with E-state index in [4.69, 9.17) is 10.5 Å². The summed E-state index contributed by atoms with van der Waals surface area (Å²) in [5.41, 5.74) is 11.4. The van der Waals surface area contributed by atoms with Crippen LogP contribution in [0.4, 0.5) is 10.5 Å². The molecular formula is C24H21N2O4-. The lowest BCUT2D eigenvalue weighted by molar-refractivity contribution is -0.308. The Bertz CT molecular complexity index is 1030. The number of nitrogens with one attached hydrogen (secondary N) is 1. The van der Waals surface area contributed by atoms with Gasteiger partial charge in [0.05, 0.1) is 12.0 Å². The molecule has 6 heteroatoms. The maximum absolute atomic E-state index is 12.3. The van der Waals surface area contributed by atoms with Crippen LogP contribution in [-0.4, -0.2) is 24.7 Å². The second-order valence-corrected chi connectivity index (χ2v) is 7.29. The molecule has 0 radical (unpaired) electrons. The molecule has 0 spiro atoms. The maximum atomic E-state index is 12.3. The van der Waals surface area contributed by atoms with Crippen molar-refractivity contribution in [3.05, 3.63) is 89.5 Å². The van der Waals surface area contributed by atoms with Crippen molar-refractivity contribution in [2.45, 2.75) is 18.4 Å². The number of hydrogen-bond donors (Lipinski definition) is 2. The van der Waals surface area contributed by atoms with Gasteiger partial charge in [-0.3, -0.25) is 0 Å². The molecule has 0 aromatic heterocycles. The number of benzene rings is 3. The Balaban J connectivity index is 1.43. The fourth-order valence-electron chi connectivity index (χ4n) is 3.87. The van der Waals surface area contributed by atoms with Crippen molar-refractivity contribution in [1.82, 2.24) is 5.32 Å². The van der Waals surface area contributed by atoms with Gasteiger partial charge in [0.15, 0.2) is 0 Å². The largest absolute Gasteiger partial charge is 0.548 e. The predicted octanol–water partition coefficient (Wildman–Crippen LogP) is 2.47. The highest BCUT2D eigenvalue weighted by Crippen LogP contribution is 2.44. The minimum absolute atomic E-state index is 0.0762. The van der Waals surface area contributed by atoms with E-state index >= 15 is 0 Å². The fourth-order valence-corrected chi connectivity index (χ4v) is 3.87. The van der Waals surface area contributed by atoms with E-state index in [1.807, 2.05) is 48.5 Å². The molecule has 0 saturated carbocycles. The van der Waals surface area contributed by atoms with E-state index in [0.717, 1.165) is 27.8 Å². The van der Waals surface area contributed by atoms with Crippen LogP contribution in [0.15, 0.2) is 72.8 Å². The molecule has 0 heterocycles. The average molecular weight is 401 g/mol. The van der Waals surface area contributed by atoms with Gasteiger partial charge in [-0.05, 0) is 46.4 Å². The summed E-state index contributed by atoms with van der Waals surface area (Å²) in [4.78, 5) is 23.8. The van der Waals surface area contributed by atoms with Crippen LogP contribution in [0.5, 0.6) is 0 Å². The summed E-state index contributed by atoms with van der Waals surface area (Å²) in [6, 6.07) is 21.6. The molecule has 0 aliphatic heterocycles. The van der Waals surface area contributed by atoms with Gasteiger partial charge < -0.3 is 25.7 Å². The Labute approximate surface area is 174 Å². The van der Waals surface area contributed by atoms with Gasteiger partial charge in [0.25, 0.3) is 0 Å². The summed E-state index contributed by atoms with van der Waals surface area (Å²) in [5, 5.41) is 13.9. The number of nitrogens with two attached hydrogens (primary N) is 1. The van der Waals surface area contributed by atoms with Crippen molar-refractivity contribution in [3.8, 4) is 11.1 Å². The summed E-state index contributed by atoms with van der Waals surface area (Å²) in [7, 11) is 0. The van der Waals surface area contributed by atoms with E-state index in [0.29, 0.717) is 5.69 Å². The molecular weight excluding hydrogens is 380 g/mol. The third-order valence-corrected chi connectivity index (χ3v) is 5.34. The summed E-state index contributed by atoms with van der Waals surface area (Å²) in [6.07, 6.45) is -0.714. The number of aliphatic carboxylic acids is 1. The zero-order chi connectivity index (χ0) is 21.1. The smallest absolute Gasteiger partial charge is 0.407 e. The van der Waals surface area contributed by atoms with Crippen molar-refractivity contribution < 1.29 is 19.4 Å². The number of alkyl carbamates (subject to hydrolysis) is 1. The van der Waals surface area contributed by atoms with Gasteiger partial charge in [-0.25, -0.2) is 4.79 Å². The van der Waals surface area contributed by atoms with E-state index in [2.05, 4.69) is 5.32 Å². The molecule has 3 aromatic rings. The topological polar surface area (TPSA) is 104 Å². The number of carboxylic acids is 1. The lowest BCUT2D eigenvalue weighted by Gasteiger charge is -2.21. The number of nitrogen functional groups attached to an aromatic ring is 1. The highest BCUT2D eigenvalue weighted by molar-refractivity contribution is 5.80. The third kappa shape index (κ3) is 3.98. The van der Waals surface area contributed by atoms with Gasteiger partial charge in [-0.1, -0.05) is 60.7 Å². The molecule has 1 aliphatic rings. The van der Waals surface area contributed by atoms with E-state index in [-0.39, 0.29) is 18.9 Å². The zero-order valence-electron chi connectivity index (χ0n) is 16.2. The van der Waals surface area contributed by atoms with Crippen molar-refractivity contribution in [1.29, 1.82) is 0 Å². The normalized spacial score (nSPS) is 13.2. The number of rotatable bonds is 6. The Morgan fingerprint density at radius 3 is 2.07 bits per heavy atom. The van der Waals surface area contributed by atoms with Crippen molar-refractivity contribution in [3.63, 3.8) is 0 Å². The van der Waals surface area contributed by atoms with Crippen molar-refractivity contribution in [2.75, 3.05) is 12.3 Å². The van der Waals surface area contributed by atoms with Crippen molar-refractivity contribution in [2.24, 2.45) is 0 Å². The molecule has 30 heavy (non-hydrogen) atoms. The number of carbonyl (C=O) groups excluding carboxylic acids is 2. The van der Waals surface area contributed by atoms with Gasteiger partial charge in [0.2, 0.25) is 0 Å². The number of fused-ring (bicyclic) bond motifs is 3. The number of carboxylic acid groups (broad SMARTS) is 1. The molecule has 6 nitrogen and oxygen atoms in total. The molecule has 0 fully saturated rings. The summed E-state index contributed by atoms with van der Waals surface area (Å²) >= 11 is 0. The Morgan fingerprint density at radius 2 is 1.50 bits per heavy atom. The van der Waals surface area contributed by atoms with E-state index < -0.39 is 18.1 Å². The first-order valence-corrected chi connectivity index (χ1v) is 9.69. The lowest BCUT2D eigenvalue weighted by atomic mass is 9.98. The van der Waals surface area contributed by atoms with Gasteiger partial charge in [-0.2, -0.15) is 0 Å². The SMILES string of the molecule is Nc1ccc(C[C@H](NC(=O)OCC2c3ccccc3-c3ccccc32)C(=O)[O-])cc1. The predicted molar refractivity (Wildman–Crippen MR) is 112 cm³/mol. The molecule has 4 rings (SSSR count). The summed E-state index contributed by atoms with van der Waals surface area (Å²) < 4.78 is 5.42. The third-order valence-electron chi connectivity index (χ3n) is 5.34. The number of ether oxygens (including phenoxy) is 1. The quantitative estimate of drug-likeness (QED) is 0.618. The first kappa shape index (κ1) is 19.5. The first-order valence-electron chi connectivity index (χ1n) is 9.69. The van der Waals surface area contributed by atoms with Crippen LogP contribution in [0, 0.1) is 0 Å². The van der Waals surface area contributed by atoms with Crippen LogP contribution in [0.2, 0.25) is 0 Å². The monoisotopic (exact) mass is 401 g/mol. The molecule has 1 amide bonds. The minimum Gasteiger partial charge on any atom is -0.548 e. The standard InChI is InChI=1S/C24H22N2O4/c25-16-11-9-15(10-12-16)13-22(23(27)28)26-24(29)30-14-21-19-7-3-1-5-17(19)18-6-2-4-8-20(18)21/h1-12,21-22H,13-14,25H2,(H,26,29)(H,27,28)/p-1/t22-/m0/s1. The Morgan fingerprint density at radius 1 is 0.933 bits per heavy atom. The van der Waals surface area contributed by atoms with Gasteiger partial charge >= 0.3 is 6.09 Å². The van der Waals surface area contributed by atoms with E-state index in [1.54, 1.807) is 24.3 Å². The highest BCUT2D eigenvalue weighted by Gasteiger charge is 2.29. The van der Waals surface area contributed by atoms with Crippen LogP contribution in [0.1, 0.15) is 22.6 Å². The molecule has 0 bridgehead atoms. The van der Waals surface area contributed by atoms with Crippen molar-refractivity contribution >= 4 is 17.7 Å². The van der Waals surface area contributed by atoms with Crippen LogP contribution in [0.25, 0.3) is 11.1 Å². The van der Waals surface area contributed by atoms with Crippen LogP contribution < -0.4 is 16.2 Å². The van der Waals surface area contributed by atoms with Crippen LogP contribution in [0.3, 0.4) is 0 Å². The molecule has 1 atom stereocenters. The van der Waals surface area contributed by atoms with E-state index in [9.17, 15) is 14.7 Å². The minimum atomic E-state index is -1.37. The van der Waals surface area contributed by atoms with Crippen LogP contribution in [-0.2, 0) is 16.0 Å². The van der Waals surface area contributed by atoms with Crippen LogP contribution >= 0.6 is 0 Å². The second-order valence-electron chi connectivity index (χ2n) is 7.29. The molecule has 0 unspecified atom stereocenters. The lowest BCUT2D eigenvalue weighted by Crippen LogP contribution is -2.49. The van der Waals surface area contributed by atoms with E-state index in [1.165, 1.54) is 0 Å². The molecule has 3 N–H and O–H groups in total.